The van der Waals surface area contributed by atoms with Crippen LogP contribution in [0.15, 0.2) is 29.3 Å². The van der Waals surface area contributed by atoms with Crippen molar-refractivity contribution in [2.75, 3.05) is 25.0 Å². The Bertz CT molecular complexity index is 432. The number of aliphatic imine (C=N–C) groups is 1. The Kier molecular flexibility index (Phi) is 4.97. The minimum absolute atomic E-state index is 0. The number of carbonyl (C=O) groups is 1. The largest absolute Gasteiger partial charge is 0.377 e. The van der Waals surface area contributed by atoms with Crippen LogP contribution in [0.2, 0.25) is 0 Å². The van der Waals surface area contributed by atoms with Crippen molar-refractivity contribution in [3.63, 3.8) is 0 Å². The molecule has 0 spiro atoms. The van der Waals surface area contributed by atoms with Crippen LogP contribution in [0.25, 0.3) is 0 Å². The molecule has 5 heteroatoms. The summed E-state index contributed by atoms with van der Waals surface area (Å²) in [4.78, 5) is 15.7. The lowest BCUT2D eigenvalue weighted by Crippen LogP contribution is -2.26. The summed E-state index contributed by atoms with van der Waals surface area (Å²) in [6, 6.07) is 7.52. The first-order valence-corrected chi connectivity index (χ1v) is 5.38. The molecule has 0 radical (unpaired) electrons. The molecule has 0 aliphatic carbocycles. The van der Waals surface area contributed by atoms with Crippen molar-refractivity contribution in [3.05, 3.63) is 29.8 Å². The van der Waals surface area contributed by atoms with Gasteiger partial charge in [0.25, 0.3) is 0 Å². The summed E-state index contributed by atoms with van der Waals surface area (Å²) in [7, 11) is 0. The van der Waals surface area contributed by atoms with Gasteiger partial charge in [0.2, 0.25) is 0 Å². The van der Waals surface area contributed by atoms with Gasteiger partial charge in [-0.15, -0.1) is 12.4 Å². The van der Waals surface area contributed by atoms with Gasteiger partial charge in [0.1, 0.15) is 5.84 Å². The number of carbonyl (C=O) groups excluding carboxylic acids is 1. The van der Waals surface area contributed by atoms with Gasteiger partial charge in [0.05, 0.1) is 13.1 Å². The molecule has 4 nitrogen and oxygen atoms in total. The zero-order valence-corrected chi connectivity index (χ0v) is 10.5. The number of halogens is 1. The number of rotatable bonds is 4. The summed E-state index contributed by atoms with van der Waals surface area (Å²) in [5.74, 6) is 1.03. The number of nitrogens with one attached hydrogen (secondary N) is 2. The molecular formula is C12H16ClN3O. The molecule has 0 aromatic heterocycles. The first-order valence-electron chi connectivity index (χ1n) is 5.38. The summed E-state index contributed by atoms with van der Waals surface area (Å²) in [6.07, 6.45) is 0. The number of anilines is 1. The molecule has 0 fully saturated rings. The van der Waals surface area contributed by atoms with E-state index in [2.05, 4.69) is 15.6 Å². The molecule has 0 saturated carbocycles. The van der Waals surface area contributed by atoms with E-state index >= 15 is 0 Å². The normalized spacial score (nSPS) is 13.4. The highest BCUT2D eigenvalue weighted by atomic mass is 35.5. The van der Waals surface area contributed by atoms with Gasteiger partial charge in [0.15, 0.2) is 5.78 Å². The summed E-state index contributed by atoms with van der Waals surface area (Å²) in [6.45, 7) is 3.97. The van der Waals surface area contributed by atoms with Crippen LogP contribution in [-0.2, 0) is 0 Å². The average Bonchev–Trinajstić information content (AvgIpc) is 2.79. The van der Waals surface area contributed by atoms with Crippen molar-refractivity contribution < 1.29 is 4.79 Å². The maximum atomic E-state index is 11.4. The zero-order valence-electron chi connectivity index (χ0n) is 9.69. The summed E-state index contributed by atoms with van der Waals surface area (Å²) < 4.78 is 0. The first kappa shape index (κ1) is 13.5. The third-order valence-corrected chi connectivity index (χ3v) is 2.50. The molecule has 1 aliphatic heterocycles. The number of amidine groups is 1. The van der Waals surface area contributed by atoms with Gasteiger partial charge in [-0.25, -0.2) is 0 Å². The lowest BCUT2D eigenvalue weighted by atomic mass is 10.1. The van der Waals surface area contributed by atoms with Crippen LogP contribution in [0.5, 0.6) is 0 Å². The van der Waals surface area contributed by atoms with Crippen LogP contribution in [0.4, 0.5) is 5.69 Å². The Balaban J connectivity index is 0.00000144. The van der Waals surface area contributed by atoms with E-state index in [4.69, 9.17) is 0 Å². The number of Topliss-reactive ketones (excluding diaryl/α,β-unsaturated/α-hetero) is 1. The van der Waals surface area contributed by atoms with Crippen LogP contribution in [0.1, 0.15) is 17.3 Å². The highest BCUT2D eigenvalue weighted by Crippen LogP contribution is 2.15. The van der Waals surface area contributed by atoms with Gasteiger partial charge in [-0.3, -0.25) is 9.79 Å². The van der Waals surface area contributed by atoms with Crippen molar-refractivity contribution in [3.8, 4) is 0 Å². The van der Waals surface area contributed by atoms with E-state index in [1.165, 1.54) is 0 Å². The lowest BCUT2D eigenvalue weighted by Gasteiger charge is -2.10. The Morgan fingerprint density at radius 1 is 1.47 bits per heavy atom. The Morgan fingerprint density at radius 3 is 2.88 bits per heavy atom. The number of hydrogen-bond acceptors (Lipinski definition) is 4. The SMILES string of the molecule is CC(=O)c1ccccc1NCC1=NCCN1.Cl. The second-order valence-electron chi connectivity index (χ2n) is 3.71. The number of para-hydroxylation sites is 1. The second kappa shape index (κ2) is 6.25. The fourth-order valence-corrected chi connectivity index (χ4v) is 1.69. The highest BCUT2D eigenvalue weighted by Gasteiger charge is 2.08. The smallest absolute Gasteiger partial charge is 0.161 e. The molecule has 0 saturated heterocycles. The molecule has 0 amide bonds. The van der Waals surface area contributed by atoms with Crippen LogP contribution in [0.3, 0.4) is 0 Å². The lowest BCUT2D eigenvalue weighted by molar-refractivity contribution is 0.101. The van der Waals surface area contributed by atoms with Crippen molar-refractivity contribution in [2.45, 2.75) is 6.92 Å². The second-order valence-corrected chi connectivity index (χ2v) is 3.71. The first-order chi connectivity index (χ1) is 7.77. The highest BCUT2D eigenvalue weighted by molar-refractivity contribution is 6.00. The van der Waals surface area contributed by atoms with Crippen LogP contribution in [-0.4, -0.2) is 31.3 Å². The van der Waals surface area contributed by atoms with Gasteiger partial charge < -0.3 is 10.6 Å². The van der Waals surface area contributed by atoms with E-state index in [1.54, 1.807) is 6.92 Å². The molecule has 0 bridgehead atoms. The molecule has 17 heavy (non-hydrogen) atoms. The topological polar surface area (TPSA) is 53.5 Å². The third-order valence-electron chi connectivity index (χ3n) is 2.50. The Morgan fingerprint density at radius 2 is 2.24 bits per heavy atom. The van der Waals surface area contributed by atoms with E-state index in [1.807, 2.05) is 24.3 Å². The Labute approximate surface area is 107 Å². The van der Waals surface area contributed by atoms with Crippen molar-refractivity contribution in [1.82, 2.24) is 5.32 Å². The summed E-state index contributed by atoms with van der Waals surface area (Å²) in [5, 5.41) is 6.40. The monoisotopic (exact) mass is 253 g/mol. The average molecular weight is 254 g/mol. The van der Waals surface area contributed by atoms with Gasteiger partial charge in [-0.1, -0.05) is 12.1 Å². The van der Waals surface area contributed by atoms with Crippen LogP contribution in [0, 0.1) is 0 Å². The number of hydrogen-bond donors (Lipinski definition) is 2. The number of ketones is 1. The summed E-state index contributed by atoms with van der Waals surface area (Å²) >= 11 is 0. The van der Waals surface area contributed by atoms with Gasteiger partial charge in [-0.05, 0) is 19.1 Å². The predicted molar refractivity (Wildman–Crippen MR) is 72.5 cm³/mol. The minimum atomic E-state index is 0. The van der Waals surface area contributed by atoms with E-state index < -0.39 is 0 Å². The summed E-state index contributed by atoms with van der Waals surface area (Å²) in [5.41, 5.74) is 1.59. The minimum Gasteiger partial charge on any atom is -0.377 e. The molecule has 2 N–H and O–H groups in total. The van der Waals surface area contributed by atoms with E-state index in [9.17, 15) is 4.79 Å². The van der Waals surface area contributed by atoms with E-state index in [-0.39, 0.29) is 18.2 Å². The molecule has 0 atom stereocenters. The van der Waals surface area contributed by atoms with Crippen LogP contribution >= 0.6 is 12.4 Å². The van der Waals surface area contributed by atoms with Crippen molar-refractivity contribution >= 4 is 29.7 Å². The molecule has 1 aromatic rings. The maximum Gasteiger partial charge on any atom is 0.161 e. The standard InChI is InChI=1S/C12H15N3O.ClH/c1-9(16)10-4-2-3-5-11(10)15-8-12-13-6-7-14-12;/h2-5,15H,6-8H2,1H3,(H,13,14);1H. The van der Waals surface area contributed by atoms with E-state index in [0.29, 0.717) is 6.54 Å². The van der Waals surface area contributed by atoms with Gasteiger partial charge in [-0.2, -0.15) is 0 Å². The molecule has 92 valence electrons. The molecule has 1 aromatic carbocycles. The fourth-order valence-electron chi connectivity index (χ4n) is 1.69. The predicted octanol–water partition coefficient (Wildman–Crippen LogP) is 1.72. The van der Waals surface area contributed by atoms with Gasteiger partial charge in [0, 0.05) is 17.8 Å². The van der Waals surface area contributed by atoms with Crippen molar-refractivity contribution in [1.29, 1.82) is 0 Å². The molecule has 1 heterocycles. The van der Waals surface area contributed by atoms with Crippen molar-refractivity contribution in [2.24, 2.45) is 4.99 Å². The van der Waals surface area contributed by atoms with Crippen LogP contribution < -0.4 is 10.6 Å². The molecule has 1 aliphatic rings. The van der Waals surface area contributed by atoms with Gasteiger partial charge >= 0.3 is 0 Å². The molecule has 0 unspecified atom stereocenters. The number of benzene rings is 1. The quantitative estimate of drug-likeness (QED) is 0.804. The maximum absolute atomic E-state index is 11.4. The number of nitrogens with zero attached hydrogens (tertiary/aromatic N) is 1. The third kappa shape index (κ3) is 3.46. The molecular weight excluding hydrogens is 238 g/mol. The Hall–Kier alpha value is -1.55. The fraction of sp³-hybridized carbons (Fsp3) is 0.333. The van der Waals surface area contributed by atoms with E-state index in [0.717, 1.165) is 30.2 Å². The zero-order chi connectivity index (χ0) is 11.4. The molecule has 2 rings (SSSR count).